The molecule has 132 valence electrons. The number of aryl methyl sites for hydroxylation is 1. The van der Waals surface area contributed by atoms with Gasteiger partial charge in [0.25, 0.3) is 0 Å². The molecule has 2 aromatic carbocycles. The zero-order valence-electron chi connectivity index (χ0n) is 13.7. The minimum atomic E-state index is -0.719. The van der Waals surface area contributed by atoms with E-state index in [1.165, 1.54) is 6.07 Å². The molecule has 0 aliphatic heterocycles. The van der Waals surface area contributed by atoms with E-state index in [1.807, 2.05) is 31.2 Å². The number of hydrogen-bond acceptors (Lipinski definition) is 4. The van der Waals surface area contributed by atoms with Gasteiger partial charge in [-0.2, -0.15) is 5.10 Å². The number of carbonyl (C=O) groups is 1. The van der Waals surface area contributed by atoms with Crippen LogP contribution in [0.4, 0.5) is 0 Å². The lowest BCUT2D eigenvalue weighted by atomic mass is 10.1. The van der Waals surface area contributed by atoms with Crippen LogP contribution in [0.25, 0.3) is 11.3 Å². The summed E-state index contributed by atoms with van der Waals surface area (Å²) >= 11 is 11.9. The number of H-pyrrole nitrogens is 1. The van der Waals surface area contributed by atoms with Crippen molar-refractivity contribution < 1.29 is 9.63 Å². The normalized spacial score (nSPS) is 11.4. The summed E-state index contributed by atoms with van der Waals surface area (Å²) in [7, 11) is 0. The first-order valence-corrected chi connectivity index (χ1v) is 8.32. The Bertz CT molecular complexity index is 981. The van der Waals surface area contributed by atoms with Crippen molar-refractivity contribution in [2.75, 3.05) is 0 Å². The van der Waals surface area contributed by atoms with E-state index in [0.717, 1.165) is 11.1 Å². The van der Waals surface area contributed by atoms with Crippen LogP contribution in [-0.2, 0) is 4.84 Å². The molecule has 0 unspecified atom stereocenters. The Hall–Kier alpha value is -2.83. The van der Waals surface area contributed by atoms with Crippen LogP contribution in [0.15, 0.2) is 53.7 Å². The third-order valence-electron chi connectivity index (χ3n) is 3.58. The SMILES string of the molecule is Cc1ccc(-c2cc(C(=O)O/N=C(\N)c3ccc(Cl)cc3Cl)[nH]n2)cc1. The van der Waals surface area contributed by atoms with Crippen LogP contribution in [0.2, 0.25) is 10.0 Å². The van der Waals surface area contributed by atoms with Gasteiger partial charge in [0.15, 0.2) is 5.84 Å². The van der Waals surface area contributed by atoms with Crippen LogP contribution in [0.3, 0.4) is 0 Å². The average Bonchev–Trinajstić information content (AvgIpc) is 3.10. The fourth-order valence-electron chi connectivity index (χ4n) is 2.18. The van der Waals surface area contributed by atoms with Crippen LogP contribution in [-0.4, -0.2) is 22.0 Å². The van der Waals surface area contributed by atoms with Crippen molar-refractivity contribution in [2.45, 2.75) is 6.92 Å². The van der Waals surface area contributed by atoms with Crippen molar-refractivity contribution in [3.05, 3.63) is 75.4 Å². The maximum absolute atomic E-state index is 12.1. The highest BCUT2D eigenvalue weighted by Crippen LogP contribution is 2.21. The van der Waals surface area contributed by atoms with E-state index < -0.39 is 5.97 Å². The maximum atomic E-state index is 12.1. The molecule has 3 rings (SSSR count). The van der Waals surface area contributed by atoms with Gasteiger partial charge in [0.2, 0.25) is 0 Å². The predicted octanol–water partition coefficient (Wildman–Crippen LogP) is 4.17. The summed E-state index contributed by atoms with van der Waals surface area (Å²) in [5, 5.41) is 11.1. The topological polar surface area (TPSA) is 93.4 Å². The molecular formula is C18H14Cl2N4O2. The van der Waals surface area contributed by atoms with Crippen molar-refractivity contribution in [2.24, 2.45) is 10.9 Å². The van der Waals surface area contributed by atoms with Gasteiger partial charge in [-0.1, -0.05) is 58.2 Å². The average molecular weight is 389 g/mol. The minimum absolute atomic E-state index is 0.0432. The summed E-state index contributed by atoms with van der Waals surface area (Å²) in [4.78, 5) is 17.0. The zero-order valence-corrected chi connectivity index (χ0v) is 15.2. The van der Waals surface area contributed by atoms with E-state index in [9.17, 15) is 4.79 Å². The van der Waals surface area contributed by atoms with Crippen molar-refractivity contribution >= 4 is 35.0 Å². The highest BCUT2D eigenvalue weighted by molar-refractivity contribution is 6.36. The summed E-state index contributed by atoms with van der Waals surface area (Å²) in [6.07, 6.45) is 0. The molecule has 3 aromatic rings. The molecule has 0 saturated heterocycles. The number of nitrogens with two attached hydrogens (primary N) is 1. The van der Waals surface area contributed by atoms with Crippen molar-refractivity contribution in [1.82, 2.24) is 10.2 Å². The van der Waals surface area contributed by atoms with E-state index in [4.69, 9.17) is 33.8 Å². The zero-order chi connectivity index (χ0) is 18.7. The maximum Gasteiger partial charge on any atom is 0.383 e. The third kappa shape index (κ3) is 4.04. The van der Waals surface area contributed by atoms with Gasteiger partial charge in [-0.15, -0.1) is 0 Å². The Labute approximate surface area is 159 Å². The molecule has 0 bridgehead atoms. The van der Waals surface area contributed by atoms with Gasteiger partial charge < -0.3 is 10.6 Å². The molecule has 0 fully saturated rings. The Morgan fingerprint density at radius 2 is 1.88 bits per heavy atom. The van der Waals surface area contributed by atoms with E-state index in [0.29, 0.717) is 21.3 Å². The lowest BCUT2D eigenvalue weighted by Gasteiger charge is -2.03. The number of nitrogens with one attached hydrogen (secondary N) is 1. The predicted molar refractivity (Wildman–Crippen MR) is 101 cm³/mol. The van der Waals surface area contributed by atoms with Crippen molar-refractivity contribution in [3.8, 4) is 11.3 Å². The minimum Gasteiger partial charge on any atom is -0.380 e. The molecule has 0 atom stereocenters. The molecule has 6 nitrogen and oxygen atoms in total. The molecule has 1 aromatic heterocycles. The molecular weight excluding hydrogens is 375 g/mol. The van der Waals surface area contributed by atoms with Crippen LogP contribution < -0.4 is 5.73 Å². The Balaban J connectivity index is 1.73. The number of rotatable bonds is 4. The molecule has 0 radical (unpaired) electrons. The fraction of sp³-hybridized carbons (Fsp3) is 0.0556. The van der Waals surface area contributed by atoms with Crippen LogP contribution in [0.5, 0.6) is 0 Å². The van der Waals surface area contributed by atoms with Gasteiger partial charge >= 0.3 is 5.97 Å². The number of carbonyl (C=O) groups excluding carboxylic acids is 1. The third-order valence-corrected chi connectivity index (χ3v) is 4.13. The largest absolute Gasteiger partial charge is 0.383 e. The molecule has 1 heterocycles. The van der Waals surface area contributed by atoms with Gasteiger partial charge in [-0.3, -0.25) is 5.10 Å². The number of oxime groups is 1. The summed E-state index contributed by atoms with van der Waals surface area (Å²) in [5.41, 5.74) is 9.00. The lowest BCUT2D eigenvalue weighted by Crippen LogP contribution is -2.16. The van der Waals surface area contributed by atoms with E-state index in [-0.39, 0.29) is 11.5 Å². The number of nitrogens with zero attached hydrogens (tertiary/aromatic N) is 2. The quantitative estimate of drug-likeness (QED) is 0.303. The smallest absolute Gasteiger partial charge is 0.380 e. The molecule has 0 spiro atoms. The van der Waals surface area contributed by atoms with Crippen LogP contribution >= 0.6 is 23.2 Å². The Kier molecular flexibility index (Phi) is 5.25. The van der Waals surface area contributed by atoms with Crippen LogP contribution in [0, 0.1) is 6.92 Å². The van der Waals surface area contributed by atoms with Gasteiger partial charge in [0.05, 0.1) is 10.7 Å². The van der Waals surface area contributed by atoms with E-state index >= 15 is 0 Å². The number of aromatic amines is 1. The number of aromatic nitrogens is 2. The van der Waals surface area contributed by atoms with E-state index in [1.54, 1.807) is 18.2 Å². The number of benzene rings is 2. The summed E-state index contributed by atoms with van der Waals surface area (Å²) < 4.78 is 0. The monoisotopic (exact) mass is 388 g/mol. The van der Waals surface area contributed by atoms with Gasteiger partial charge in [-0.05, 0) is 31.2 Å². The lowest BCUT2D eigenvalue weighted by molar-refractivity contribution is 0.0509. The number of hydrogen-bond donors (Lipinski definition) is 2. The molecule has 0 aliphatic carbocycles. The standard InChI is InChI=1S/C18H14Cl2N4O2/c1-10-2-4-11(5-3-10)15-9-16(23-22-15)18(25)26-24-17(21)13-7-6-12(19)8-14(13)20/h2-9H,1H3,(H2,21,24)(H,22,23). The molecule has 26 heavy (non-hydrogen) atoms. The van der Waals surface area contributed by atoms with Gasteiger partial charge in [0, 0.05) is 16.1 Å². The van der Waals surface area contributed by atoms with Gasteiger partial charge in [-0.25, -0.2) is 4.79 Å². The molecule has 0 saturated carbocycles. The Morgan fingerprint density at radius 1 is 1.15 bits per heavy atom. The highest BCUT2D eigenvalue weighted by atomic mass is 35.5. The second-order valence-electron chi connectivity index (χ2n) is 5.51. The summed E-state index contributed by atoms with van der Waals surface area (Å²) in [6, 6.07) is 14.0. The molecule has 8 heteroatoms. The fourth-order valence-corrected chi connectivity index (χ4v) is 2.69. The van der Waals surface area contributed by atoms with E-state index in [2.05, 4.69) is 15.4 Å². The molecule has 0 aliphatic rings. The van der Waals surface area contributed by atoms with Crippen LogP contribution in [0.1, 0.15) is 21.6 Å². The van der Waals surface area contributed by atoms with Crippen molar-refractivity contribution in [3.63, 3.8) is 0 Å². The Morgan fingerprint density at radius 3 is 2.58 bits per heavy atom. The summed E-state index contributed by atoms with van der Waals surface area (Å²) in [6.45, 7) is 1.99. The van der Waals surface area contributed by atoms with Crippen molar-refractivity contribution in [1.29, 1.82) is 0 Å². The van der Waals surface area contributed by atoms with Gasteiger partial charge in [0.1, 0.15) is 5.69 Å². The molecule has 3 N–H and O–H groups in total. The highest BCUT2D eigenvalue weighted by Gasteiger charge is 2.14. The first-order chi connectivity index (χ1) is 12.4. The second-order valence-corrected chi connectivity index (χ2v) is 6.36. The number of halogens is 2. The molecule has 0 amide bonds. The summed E-state index contributed by atoms with van der Waals surface area (Å²) in [5.74, 6) is -0.762. The second kappa shape index (κ2) is 7.59. The first-order valence-electron chi connectivity index (χ1n) is 7.57. The number of amidine groups is 1. The first kappa shape index (κ1) is 18.0.